The Bertz CT molecular complexity index is 559. The van der Waals surface area contributed by atoms with Crippen LogP contribution in [0.15, 0.2) is 18.2 Å². The minimum Gasteiger partial charge on any atom is -0.342 e. The molecular weight excluding hydrogens is 292 g/mol. The first-order chi connectivity index (χ1) is 11.0. The molecule has 2 atom stereocenters. The maximum atomic E-state index is 12.4. The first-order valence-electron chi connectivity index (χ1n) is 8.23. The van der Waals surface area contributed by atoms with Crippen LogP contribution in [-0.4, -0.2) is 40.8 Å². The van der Waals surface area contributed by atoms with Crippen molar-refractivity contribution in [3.63, 3.8) is 0 Å². The van der Waals surface area contributed by atoms with Crippen molar-refractivity contribution in [3.8, 4) is 0 Å². The number of rotatable bonds is 5. The fourth-order valence-electron chi connectivity index (χ4n) is 2.77. The first-order valence-corrected chi connectivity index (χ1v) is 8.23. The van der Waals surface area contributed by atoms with Gasteiger partial charge < -0.3 is 16.0 Å². The number of hydrogen-bond donors (Lipinski definition) is 2. The van der Waals surface area contributed by atoms with Gasteiger partial charge in [-0.3, -0.25) is 9.59 Å². The average molecular weight is 318 g/mol. The minimum absolute atomic E-state index is 0.0234. The normalized spacial score (nSPS) is 19.3. The molecule has 0 aromatic carbocycles. The van der Waals surface area contributed by atoms with Gasteiger partial charge in [0.15, 0.2) is 0 Å². The summed E-state index contributed by atoms with van der Waals surface area (Å²) in [5.74, 6) is 0.419. The molecule has 1 saturated heterocycles. The van der Waals surface area contributed by atoms with E-state index in [0.29, 0.717) is 25.2 Å². The molecule has 1 aliphatic rings. The Morgan fingerprint density at radius 2 is 2.26 bits per heavy atom. The van der Waals surface area contributed by atoms with Crippen LogP contribution in [0.5, 0.6) is 0 Å². The highest BCUT2D eigenvalue weighted by molar-refractivity contribution is 5.92. The quantitative estimate of drug-likeness (QED) is 0.865. The van der Waals surface area contributed by atoms with Crippen molar-refractivity contribution >= 4 is 17.6 Å². The smallest absolute Gasteiger partial charge is 0.230 e. The van der Waals surface area contributed by atoms with E-state index in [2.05, 4.69) is 10.3 Å². The summed E-state index contributed by atoms with van der Waals surface area (Å²) in [6.07, 6.45) is 2.78. The standard InChI is InChI=1S/C17H26N4O2/c1-12(18)8-9-16(22)21-10-4-6-14(11-21)17(23)20-15-7-3-5-13(2)19-15/h3,5,7,12,14H,4,6,8-11,18H2,1-2H3,(H,19,20,23). The molecule has 1 aromatic heterocycles. The number of pyridine rings is 1. The fourth-order valence-corrected chi connectivity index (χ4v) is 2.77. The van der Waals surface area contributed by atoms with Gasteiger partial charge in [-0.25, -0.2) is 4.98 Å². The maximum Gasteiger partial charge on any atom is 0.230 e. The molecule has 3 N–H and O–H groups in total. The number of anilines is 1. The molecule has 0 radical (unpaired) electrons. The highest BCUT2D eigenvalue weighted by Gasteiger charge is 2.28. The third kappa shape index (κ3) is 5.32. The van der Waals surface area contributed by atoms with E-state index in [4.69, 9.17) is 5.73 Å². The Labute approximate surface area is 137 Å². The van der Waals surface area contributed by atoms with Crippen LogP contribution in [0, 0.1) is 12.8 Å². The van der Waals surface area contributed by atoms with E-state index in [1.807, 2.05) is 26.0 Å². The lowest BCUT2D eigenvalue weighted by molar-refractivity contribution is -0.134. The number of carbonyl (C=O) groups excluding carboxylic acids is 2. The highest BCUT2D eigenvalue weighted by Crippen LogP contribution is 2.19. The number of aromatic nitrogens is 1. The number of likely N-dealkylation sites (tertiary alicyclic amines) is 1. The van der Waals surface area contributed by atoms with Crippen molar-refractivity contribution in [2.24, 2.45) is 11.7 Å². The molecule has 6 heteroatoms. The van der Waals surface area contributed by atoms with Crippen molar-refractivity contribution in [1.29, 1.82) is 0 Å². The number of piperidine rings is 1. The molecule has 23 heavy (non-hydrogen) atoms. The topological polar surface area (TPSA) is 88.3 Å². The van der Waals surface area contributed by atoms with Crippen LogP contribution in [0.25, 0.3) is 0 Å². The van der Waals surface area contributed by atoms with Crippen LogP contribution in [0.3, 0.4) is 0 Å². The molecule has 2 heterocycles. The Kier molecular flexibility index (Phi) is 6.10. The second-order valence-corrected chi connectivity index (χ2v) is 6.35. The van der Waals surface area contributed by atoms with Crippen LogP contribution < -0.4 is 11.1 Å². The summed E-state index contributed by atoms with van der Waals surface area (Å²) in [6.45, 7) is 4.99. The van der Waals surface area contributed by atoms with E-state index in [9.17, 15) is 9.59 Å². The molecule has 0 aliphatic carbocycles. The third-order valence-electron chi connectivity index (χ3n) is 4.10. The minimum atomic E-state index is -0.176. The van der Waals surface area contributed by atoms with E-state index in [-0.39, 0.29) is 23.8 Å². The number of nitrogens with two attached hydrogens (primary N) is 1. The van der Waals surface area contributed by atoms with E-state index in [1.165, 1.54) is 0 Å². The summed E-state index contributed by atoms with van der Waals surface area (Å²) in [5, 5.41) is 2.85. The molecule has 1 aromatic rings. The monoisotopic (exact) mass is 318 g/mol. The van der Waals surface area contributed by atoms with Crippen molar-refractivity contribution in [1.82, 2.24) is 9.88 Å². The van der Waals surface area contributed by atoms with Crippen LogP contribution in [-0.2, 0) is 9.59 Å². The van der Waals surface area contributed by atoms with Crippen molar-refractivity contribution in [2.45, 2.75) is 45.6 Å². The number of nitrogens with zero attached hydrogens (tertiary/aromatic N) is 2. The Hall–Kier alpha value is -1.95. The van der Waals surface area contributed by atoms with Crippen molar-refractivity contribution in [3.05, 3.63) is 23.9 Å². The Morgan fingerprint density at radius 3 is 2.96 bits per heavy atom. The third-order valence-corrected chi connectivity index (χ3v) is 4.10. The van der Waals surface area contributed by atoms with Crippen molar-refractivity contribution in [2.75, 3.05) is 18.4 Å². The Morgan fingerprint density at radius 1 is 1.48 bits per heavy atom. The lowest BCUT2D eigenvalue weighted by Gasteiger charge is -2.32. The molecule has 0 bridgehead atoms. The highest BCUT2D eigenvalue weighted by atomic mass is 16.2. The van der Waals surface area contributed by atoms with Crippen LogP contribution in [0.1, 0.15) is 38.3 Å². The number of amides is 2. The lowest BCUT2D eigenvalue weighted by atomic mass is 9.96. The number of hydrogen-bond acceptors (Lipinski definition) is 4. The van der Waals surface area contributed by atoms with E-state index in [0.717, 1.165) is 25.1 Å². The molecule has 0 spiro atoms. The van der Waals surface area contributed by atoms with Crippen molar-refractivity contribution < 1.29 is 9.59 Å². The van der Waals surface area contributed by atoms with E-state index >= 15 is 0 Å². The SMILES string of the molecule is Cc1cccc(NC(=O)C2CCCN(C(=O)CCC(C)N)C2)n1. The van der Waals surface area contributed by atoms with Gasteiger partial charge in [-0.2, -0.15) is 0 Å². The van der Waals surface area contributed by atoms with Gasteiger partial charge in [0, 0.05) is 31.2 Å². The first kappa shape index (κ1) is 17.4. The molecule has 0 saturated carbocycles. The van der Waals surface area contributed by atoms with Crippen LogP contribution >= 0.6 is 0 Å². The van der Waals surface area contributed by atoms with Gasteiger partial charge in [-0.15, -0.1) is 0 Å². The fraction of sp³-hybridized carbons (Fsp3) is 0.588. The molecule has 2 unspecified atom stereocenters. The largest absolute Gasteiger partial charge is 0.342 e. The predicted octanol–water partition coefficient (Wildman–Crippen LogP) is 1.69. The predicted molar refractivity (Wildman–Crippen MR) is 89.8 cm³/mol. The summed E-state index contributed by atoms with van der Waals surface area (Å²) < 4.78 is 0. The van der Waals surface area contributed by atoms with Gasteiger partial charge in [0.25, 0.3) is 0 Å². The van der Waals surface area contributed by atoms with Crippen LogP contribution in [0.2, 0.25) is 0 Å². The molecule has 2 amide bonds. The second kappa shape index (κ2) is 8.06. The van der Waals surface area contributed by atoms with Gasteiger partial charge in [0.05, 0.1) is 5.92 Å². The van der Waals surface area contributed by atoms with E-state index < -0.39 is 0 Å². The average Bonchev–Trinajstić information content (AvgIpc) is 2.52. The zero-order valence-corrected chi connectivity index (χ0v) is 13.9. The van der Waals surface area contributed by atoms with Crippen LogP contribution in [0.4, 0.5) is 5.82 Å². The molecule has 1 aliphatic heterocycles. The Balaban J connectivity index is 1.89. The summed E-state index contributed by atoms with van der Waals surface area (Å²) in [7, 11) is 0. The summed E-state index contributed by atoms with van der Waals surface area (Å²) in [6, 6.07) is 5.55. The molecule has 126 valence electrons. The number of aryl methyl sites for hydroxylation is 1. The lowest BCUT2D eigenvalue weighted by Crippen LogP contribution is -2.44. The van der Waals surface area contributed by atoms with Gasteiger partial charge in [-0.05, 0) is 45.2 Å². The summed E-state index contributed by atoms with van der Waals surface area (Å²) in [5.41, 5.74) is 6.56. The summed E-state index contributed by atoms with van der Waals surface area (Å²) in [4.78, 5) is 30.7. The van der Waals surface area contributed by atoms with Gasteiger partial charge >= 0.3 is 0 Å². The van der Waals surface area contributed by atoms with E-state index in [1.54, 1.807) is 11.0 Å². The maximum absolute atomic E-state index is 12.4. The zero-order valence-electron chi connectivity index (χ0n) is 13.9. The summed E-state index contributed by atoms with van der Waals surface area (Å²) >= 11 is 0. The van der Waals surface area contributed by atoms with Gasteiger partial charge in [0.1, 0.15) is 5.82 Å². The molecular formula is C17H26N4O2. The molecule has 2 rings (SSSR count). The zero-order chi connectivity index (χ0) is 16.8. The molecule has 1 fully saturated rings. The number of carbonyl (C=O) groups is 2. The van der Waals surface area contributed by atoms with Gasteiger partial charge in [-0.1, -0.05) is 6.07 Å². The van der Waals surface area contributed by atoms with Gasteiger partial charge in [0.2, 0.25) is 11.8 Å². The molecule has 6 nitrogen and oxygen atoms in total. The second-order valence-electron chi connectivity index (χ2n) is 6.35. The number of nitrogens with one attached hydrogen (secondary N) is 1.